The maximum absolute atomic E-state index is 11.2. The molecule has 0 aromatic heterocycles. The van der Waals surface area contributed by atoms with Crippen LogP contribution >= 0.6 is 15.9 Å². The number of hydrogen-bond acceptors (Lipinski definition) is 2. The Kier molecular flexibility index (Phi) is 6.25. The van der Waals surface area contributed by atoms with Crippen molar-refractivity contribution in [1.82, 2.24) is 10.2 Å². The number of amides is 1. The zero-order chi connectivity index (χ0) is 11.1. The molecule has 0 saturated carbocycles. The van der Waals surface area contributed by atoms with Crippen molar-refractivity contribution in [2.45, 2.75) is 38.6 Å². The van der Waals surface area contributed by atoms with E-state index in [9.17, 15) is 4.79 Å². The summed E-state index contributed by atoms with van der Waals surface area (Å²) in [4.78, 5) is 13.7. The minimum absolute atomic E-state index is 0.113. The molecule has 0 aromatic rings. The van der Waals surface area contributed by atoms with E-state index in [-0.39, 0.29) is 5.91 Å². The van der Waals surface area contributed by atoms with Crippen molar-refractivity contribution in [2.75, 3.05) is 25.0 Å². The fourth-order valence-corrected chi connectivity index (χ4v) is 2.11. The van der Waals surface area contributed by atoms with E-state index in [4.69, 9.17) is 0 Å². The number of unbranched alkanes of at least 4 members (excludes halogenated alkanes) is 1. The highest BCUT2D eigenvalue weighted by Crippen LogP contribution is 2.11. The van der Waals surface area contributed by atoms with Crippen molar-refractivity contribution >= 4 is 21.8 Å². The number of hydrogen-bond donors (Lipinski definition) is 1. The van der Waals surface area contributed by atoms with Gasteiger partial charge in [0.1, 0.15) is 0 Å². The Balaban J connectivity index is 2.15. The van der Waals surface area contributed by atoms with Gasteiger partial charge in [0.2, 0.25) is 5.91 Å². The van der Waals surface area contributed by atoms with E-state index < -0.39 is 0 Å². The molecule has 1 rings (SSSR count). The van der Waals surface area contributed by atoms with E-state index in [1.165, 1.54) is 19.4 Å². The van der Waals surface area contributed by atoms with Gasteiger partial charge in [-0.25, -0.2) is 0 Å². The van der Waals surface area contributed by atoms with E-state index in [2.05, 4.69) is 33.1 Å². The molecule has 0 radical (unpaired) electrons. The van der Waals surface area contributed by atoms with Crippen molar-refractivity contribution < 1.29 is 4.79 Å². The standard InChI is InChI=1S/C11H21BrN2O/c1-2-3-6-14-7-4-10(5-8-14)13-11(15)9-12/h10H,2-9H2,1H3,(H,13,15). The first-order valence-electron chi connectivity index (χ1n) is 5.84. The largest absolute Gasteiger partial charge is 0.353 e. The van der Waals surface area contributed by atoms with Crippen molar-refractivity contribution in [3.63, 3.8) is 0 Å². The van der Waals surface area contributed by atoms with E-state index in [0.29, 0.717) is 11.4 Å². The molecule has 1 aliphatic heterocycles. The highest BCUT2D eigenvalue weighted by Gasteiger charge is 2.19. The Morgan fingerprint density at radius 2 is 2.13 bits per heavy atom. The summed E-state index contributed by atoms with van der Waals surface area (Å²) < 4.78 is 0. The van der Waals surface area contributed by atoms with Gasteiger partial charge in [-0.3, -0.25) is 4.79 Å². The Morgan fingerprint density at radius 1 is 1.47 bits per heavy atom. The van der Waals surface area contributed by atoms with Crippen LogP contribution < -0.4 is 5.32 Å². The molecule has 4 heteroatoms. The smallest absolute Gasteiger partial charge is 0.230 e. The molecule has 88 valence electrons. The van der Waals surface area contributed by atoms with E-state index in [0.717, 1.165) is 25.9 Å². The zero-order valence-electron chi connectivity index (χ0n) is 9.47. The Hall–Kier alpha value is -0.0900. The molecular formula is C11H21BrN2O. The van der Waals surface area contributed by atoms with E-state index in [1.807, 2.05) is 0 Å². The minimum Gasteiger partial charge on any atom is -0.353 e. The molecule has 0 aliphatic carbocycles. The number of nitrogens with zero attached hydrogens (tertiary/aromatic N) is 1. The molecule has 0 aromatic carbocycles. The van der Waals surface area contributed by atoms with Gasteiger partial charge in [-0.15, -0.1) is 0 Å². The number of piperidine rings is 1. The lowest BCUT2D eigenvalue weighted by atomic mass is 10.0. The number of carbonyl (C=O) groups excluding carboxylic acids is 1. The van der Waals surface area contributed by atoms with Gasteiger partial charge in [0.05, 0.1) is 5.33 Å². The molecule has 0 atom stereocenters. The first-order valence-corrected chi connectivity index (χ1v) is 6.96. The molecule has 0 spiro atoms. The number of rotatable bonds is 5. The fourth-order valence-electron chi connectivity index (χ4n) is 1.95. The lowest BCUT2D eigenvalue weighted by molar-refractivity contribution is -0.119. The third kappa shape index (κ3) is 4.98. The summed E-state index contributed by atoms with van der Waals surface area (Å²) in [5, 5.41) is 3.45. The number of halogens is 1. The molecule has 1 saturated heterocycles. The van der Waals surface area contributed by atoms with Crippen LogP contribution in [0.1, 0.15) is 32.6 Å². The van der Waals surface area contributed by atoms with Gasteiger partial charge in [0, 0.05) is 19.1 Å². The Morgan fingerprint density at radius 3 is 2.67 bits per heavy atom. The Bertz CT molecular complexity index is 191. The van der Waals surface area contributed by atoms with Crippen LogP contribution in [0.5, 0.6) is 0 Å². The maximum atomic E-state index is 11.2. The monoisotopic (exact) mass is 276 g/mol. The van der Waals surface area contributed by atoms with Crippen molar-refractivity contribution in [3.05, 3.63) is 0 Å². The van der Waals surface area contributed by atoms with Crippen LogP contribution in [-0.4, -0.2) is 41.8 Å². The second-order valence-electron chi connectivity index (χ2n) is 4.17. The number of nitrogens with one attached hydrogen (secondary N) is 1. The molecule has 1 fully saturated rings. The van der Waals surface area contributed by atoms with Gasteiger partial charge >= 0.3 is 0 Å². The van der Waals surface area contributed by atoms with Crippen LogP contribution in [0, 0.1) is 0 Å². The van der Waals surface area contributed by atoms with Crippen molar-refractivity contribution in [2.24, 2.45) is 0 Å². The molecule has 0 unspecified atom stereocenters. The maximum Gasteiger partial charge on any atom is 0.230 e. The van der Waals surface area contributed by atoms with Crippen LogP contribution in [0.3, 0.4) is 0 Å². The average Bonchev–Trinajstić information content (AvgIpc) is 2.28. The van der Waals surface area contributed by atoms with Crippen LogP contribution in [0.2, 0.25) is 0 Å². The summed E-state index contributed by atoms with van der Waals surface area (Å²) in [5.74, 6) is 0.113. The van der Waals surface area contributed by atoms with Crippen molar-refractivity contribution in [3.8, 4) is 0 Å². The van der Waals surface area contributed by atoms with Crippen LogP contribution in [-0.2, 0) is 4.79 Å². The number of likely N-dealkylation sites (tertiary alicyclic amines) is 1. The number of carbonyl (C=O) groups is 1. The zero-order valence-corrected chi connectivity index (χ0v) is 11.1. The highest BCUT2D eigenvalue weighted by atomic mass is 79.9. The van der Waals surface area contributed by atoms with Gasteiger partial charge in [-0.2, -0.15) is 0 Å². The van der Waals surface area contributed by atoms with Crippen molar-refractivity contribution in [1.29, 1.82) is 0 Å². The normalized spacial score (nSPS) is 19.1. The SMILES string of the molecule is CCCCN1CCC(NC(=O)CBr)CC1. The third-order valence-electron chi connectivity index (χ3n) is 2.90. The summed E-state index contributed by atoms with van der Waals surface area (Å²) in [7, 11) is 0. The van der Waals surface area contributed by atoms with Gasteiger partial charge in [-0.1, -0.05) is 29.3 Å². The summed E-state index contributed by atoms with van der Waals surface area (Å²) in [6, 6.07) is 0.396. The molecule has 15 heavy (non-hydrogen) atoms. The topological polar surface area (TPSA) is 32.3 Å². The van der Waals surface area contributed by atoms with E-state index >= 15 is 0 Å². The molecule has 1 aliphatic rings. The lowest BCUT2D eigenvalue weighted by Crippen LogP contribution is -2.45. The highest BCUT2D eigenvalue weighted by molar-refractivity contribution is 9.09. The fraction of sp³-hybridized carbons (Fsp3) is 0.909. The quantitative estimate of drug-likeness (QED) is 0.777. The van der Waals surface area contributed by atoms with Gasteiger partial charge in [-0.05, 0) is 25.8 Å². The first kappa shape index (κ1) is 13.0. The molecule has 0 bridgehead atoms. The van der Waals surface area contributed by atoms with Gasteiger partial charge < -0.3 is 10.2 Å². The second kappa shape index (κ2) is 7.23. The summed E-state index contributed by atoms with van der Waals surface area (Å²) in [6.07, 6.45) is 4.75. The van der Waals surface area contributed by atoms with E-state index in [1.54, 1.807) is 0 Å². The molecule has 1 N–H and O–H groups in total. The predicted octanol–water partition coefficient (Wildman–Crippen LogP) is 1.76. The van der Waals surface area contributed by atoms with Crippen LogP contribution in [0.15, 0.2) is 0 Å². The third-order valence-corrected chi connectivity index (χ3v) is 3.41. The summed E-state index contributed by atoms with van der Waals surface area (Å²) >= 11 is 3.17. The first-order chi connectivity index (χ1) is 7.26. The molecule has 3 nitrogen and oxygen atoms in total. The number of alkyl halides is 1. The predicted molar refractivity (Wildman–Crippen MR) is 66.3 cm³/mol. The summed E-state index contributed by atoms with van der Waals surface area (Å²) in [6.45, 7) is 5.71. The second-order valence-corrected chi connectivity index (χ2v) is 4.73. The summed E-state index contributed by atoms with van der Waals surface area (Å²) in [5.41, 5.74) is 0. The molecular weight excluding hydrogens is 256 g/mol. The van der Waals surface area contributed by atoms with Crippen LogP contribution in [0.25, 0.3) is 0 Å². The van der Waals surface area contributed by atoms with Crippen LogP contribution in [0.4, 0.5) is 0 Å². The van der Waals surface area contributed by atoms with Gasteiger partial charge in [0.15, 0.2) is 0 Å². The molecule has 1 amide bonds. The Labute approximate surface area is 101 Å². The minimum atomic E-state index is 0.113. The average molecular weight is 277 g/mol. The molecule has 1 heterocycles. The lowest BCUT2D eigenvalue weighted by Gasteiger charge is -2.32. The van der Waals surface area contributed by atoms with Gasteiger partial charge in [0.25, 0.3) is 0 Å².